The zero-order chi connectivity index (χ0) is 11.7. The van der Waals surface area contributed by atoms with Crippen molar-refractivity contribution in [3.63, 3.8) is 0 Å². The fraction of sp³-hybridized carbons (Fsp3) is 0.250. The van der Waals surface area contributed by atoms with E-state index in [9.17, 15) is 0 Å². The Bertz CT molecular complexity index is 689. The summed E-state index contributed by atoms with van der Waals surface area (Å²) >= 11 is 0. The number of para-hydroxylation sites is 1. The Morgan fingerprint density at radius 1 is 1.00 bits per heavy atom. The van der Waals surface area contributed by atoms with Gasteiger partial charge < -0.3 is 4.42 Å². The second-order valence-corrected chi connectivity index (χ2v) is 5.49. The van der Waals surface area contributed by atoms with E-state index in [1.54, 1.807) is 0 Å². The van der Waals surface area contributed by atoms with E-state index in [4.69, 9.17) is 4.42 Å². The van der Waals surface area contributed by atoms with Crippen molar-refractivity contribution in [3.05, 3.63) is 53.8 Å². The van der Waals surface area contributed by atoms with Gasteiger partial charge in [-0.3, -0.25) is 0 Å². The van der Waals surface area contributed by atoms with E-state index >= 15 is 0 Å². The molecule has 2 atom stereocenters. The lowest BCUT2D eigenvalue weighted by Gasteiger charge is -2.50. The van der Waals surface area contributed by atoms with Crippen LogP contribution in [0.5, 0.6) is 0 Å². The van der Waals surface area contributed by atoms with E-state index < -0.39 is 0 Å². The van der Waals surface area contributed by atoms with Gasteiger partial charge in [0.15, 0.2) is 0 Å². The molecule has 0 N–H and O–H groups in total. The first-order chi connectivity index (χ1) is 8.14. The molecule has 0 aliphatic heterocycles. The minimum absolute atomic E-state index is 0.0870. The van der Waals surface area contributed by atoms with E-state index in [2.05, 4.69) is 50.3 Å². The molecule has 17 heavy (non-hydrogen) atoms. The first-order valence-electron chi connectivity index (χ1n) is 6.06. The number of rotatable bonds is 0. The third kappa shape index (κ3) is 0.880. The monoisotopic (exact) mass is 222 g/mol. The predicted octanol–water partition coefficient (Wildman–Crippen LogP) is 4.29. The molecular weight excluding hydrogens is 208 g/mol. The molecular formula is C16H14O. The minimum Gasteiger partial charge on any atom is -0.456 e. The van der Waals surface area contributed by atoms with Crippen molar-refractivity contribution in [1.82, 2.24) is 0 Å². The highest BCUT2D eigenvalue weighted by atomic mass is 16.3. The molecule has 0 amide bonds. The molecule has 84 valence electrons. The van der Waals surface area contributed by atoms with Crippen LogP contribution in [0.4, 0.5) is 0 Å². The Balaban J connectivity index is 2.15. The Kier molecular flexibility index (Phi) is 1.40. The summed E-state index contributed by atoms with van der Waals surface area (Å²) in [4.78, 5) is 0. The van der Waals surface area contributed by atoms with Crippen molar-refractivity contribution >= 4 is 17.0 Å². The van der Waals surface area contributed by atoms with Crippen LogP contribution in [0.3, 0.4) is 0 Å². The van der Waals surface area contributed by atoms with Gasteiger partial charge in [-0.25, -0.2) is 0 Å². The maximum atomic E-state index is 5.93. The Morgan fingerprint density at radius 2 is 1.82 bits per heavy atom. The molecule has 2 aliphatic rings. The summed E-state index contributed by atoms with van der Waals surface area (Å²) in [6, 6.07) is 8.32. The first-order valence-corrected chi connectivity index (χ1v) is 6.06. The number of hydrogen-bond acceptors (Lipinski definition) is 1. The third-order valence-corrected chi connectivity index (χ3v) is 4.60. The summed E-state index contributed by atoms with van der Waals surface area (Å²) in [5.74, 6) is 1.02. The van der Waals surface area contributed by atoms with E-state index in [1.807, 2.05) is 12.1 Å². The summed E-state index contributed by atoms with van der Waals surface area (Å²) in [6.45, 7) is 4.59. The topological polar surface area (TPSA) is 13.1 Å². The van der Waals surface area contributed by atoms with Gasteiger partial charge in [0.25, 0.3) is 0 Å². The van der Waals surface area contributed by atoms with Gasteiger partial charge in [-0.1, -0.05) is 50.3 Å². The van der Waals surface area contributed by atoms with Crippen LogP contribution >= 0.6 is 0 Å². The molecule has 2 aromatic rings. The van der Waals surface area contributed by atoms with E-state index in [0.29, 0.717) is 0 Å². The highest BCUT2D eigenvalue weighted by molar-refractivity contribution is 5.88. The second-order valence-electron chi connectivity index (χ2n) is 5.49. The fourth-order valence-electron chi connectivity index (χ4n) is 3.14. The molecule has 1 aromatic heterocycles. The van der Waals surface area contributed by atoms with Gasteiger partial charge in [-0.2, -0.15) is 0 Å². The van der Waals surface area contributed by atoms with Crippen LogP contribution in [0.25, 0.3) is 17.0 Å². The largest absolute Gasteiger partial charge is 0.456 e. The molecule has 1 aromatic carbocycles. The molecule has 4 rings (SSSR count). The van der Waals surface area contributed by atoms with Gasteiger partial charge in [0.05, 0.1) is 0 Å². The molecule has 0 saturated heterocycles. The Morgan fingerprint density at radius 3 is 2.59 bits per heavy atom. The van der Waals surface area contributed by atoms with Crippen LogP contribution in [0.1, 0.15) is 25.2 Å². The van der Waals surface area contributed by atoms with Crippen LogP contribution in [0.15, 0.2) is 46.9 Å². The van der Waals surface area contributed by atoms with Crippen LogP contribution < -0.4 is 0 Å². The summed E-state index contributed by atoms with van der Waals surface area (Å²) in [5.41, 5.74) is 2.57. The molecule has 0 unspecified atom stereocenters. The average Bonchev–Trinajstić information content (AvgIpc) is 2.71. The molecule has 1 nitrogen and oxygen atoms in total. The number of benzene rings is 1. The zero-order valence-corrected chi connectivity index (χ0v) is 10.0. The maximum absolute atomic E-state index is 5.93. The van der Waals surface area contributed by atoms with Crippen LogP contribution in [0, 0.1) is 5.41 Å². The summed E-state index contributed by atoms with van der Waals surface area (Å²) < 4.78 is 5.93. The maximum Gasteiger partial charge on any atom is 0.135 e. The lowest BCUT2D eigenvalue weighted by molar-refractivity contribution is 0.297. The van der Waals surface area contributed by atoms with Gasteiger partial charge in [-0.15, -0.1) is 0 Å². The Labute approximate surface area is 100 Å². The normalized spacial score (nSPS) is 33.3. The standard InChI is InChI=1S/C16H14O/c1-15-8-7-13-14(16(15,2)10-9-15)11-5-3-4-6-12(11)17-13/h3-10H,1-2H3/t15-,16-/m1/s1. The number of allylic oxidation sites excluding steroid dienone is 3. The number of fused-ring (bicyclic) bond motifs is 5. The summed E-state index contributed by atoms with van der Waals surface area (Å²) in [5, 5.41) is 1.25. The van der Waals surface area contributed by atoms with E-state index in [0.717, 1.165) is 11.3 Å². The van der Waals surface area contributed by atoms with Crippen molar-refractivity contribution in [3.8, 4) is 0 Å². The quantitative estimate of drug-likeness (QED) is 0.606. The lowest BCUT2D eigenvalue weighted by atomic mass is 9.52. The molecule has 1 heteroatoms. The summed E-state index contributed by atoms with van der Waals surface area (Å²) in [7, 11) is 0. The van der Waals surface area contributed by atoms with Gasteiger partial charge in [0.2, 0.25) is 0 Å². The van der Waals surface area contributed by atoms with Crippen molar-refractivity contribution in [2.45, 2.75) is 19.3 Å². The SMILES string of the molecule is C[C@]12C=Cc3oc4ccccc4c3[C@@]1(C)C=C2. The Hall–Kier alpha value is -1.76. The third-order valence-electron chi connectivity index (χ3n) is 4.60. The van der Waals surface area contributed by atoms with Crippen molar-refractivity contribution in [2.75, 3.05) is 0 Å². The first kappa shape index (κ1) is 9.29. The number of hydrogen-bond donors (Lipinski definition) is 0. The van der Waals surface area contributed by atoms with Crippen molar-refractivity contribution < 1.29 is 4.42 Å². The molecule has 0 saturated carbocycles. The highest BCUT2D eigenvalue weighted by Crippen LogP contribution is 2.58. The van der Waals surface area contributed by atoms with Gasteiger partial charge >= 0.3 is 0 Å². The number of furan rings is 1. The fourth-order valence-corrected chi connectivity index (χ4v) is 3.14. The van der Waals surface area contributed by atoms with Gasteiger partial charge in [-0.05, 0) is 12.1 Å². The van der Waals surface area contributed by atoms with Gasteiger partial charge in [0, 0.05) is 21.8 Å². The van der Waals surface area contributed by atoms with Crippen molar-refractivity contribution in [1.29, 1.82) is 0 Å². The molecule has 0 spiro atoms. The van der Waals surface area contributed by atoms with Crippen molar-refractivity contribution in [2.24, 2.45) is 5.41 Å². The second kappa shape index (κ2) is 2.56. The van der Waals surface area contributed by atoms with Gasteiger partial charge in [0.1, 0.15) is 11.3 Å². The molecule has 0 bridgehead atoms. The van der Waals surface area contributed by atoms with E-state index in [1.165, 1.54) is 10.9 Å². The minimum atomic E-state index is 0.0870. The molecule has 0 radical (unpaired) electrons. The van der Waals surface area contributed by atoms with Crippen LogP contribution in [-0.2, 0) is 5.41 Å². The predicted molar refractivity (Wildman–Crippen MR) is 69.8 cm³/mol. The molecule has 2 aliphatic carbocycles. The average molecular weight is 222 g/mol. The van der Waals surface area contributed by atoms with Crippen LogP contribution in [0.2, 0.25) is 0 Å². The molecule has 0 fully saturated rings. The van der Waals surface area contributed by atoms with E-state index in [-0.39, 0.29) is 10.8 Å². The smallest absolute Gasteiger partial charge is 0.135 e. The van der Waals surface area contributed by atoms with Crippen LogP contribution in [-0.4, -0.2) is 0 Å². The zero-order valence-electron chi connectivity index (χ0n) is 10.0. The molecule has 1 heterocycles. The summed E-state index contributed by atoms with van der Waals surface area (Å²) in [6.07, 6.45) is 8.98. The highest BCUT2D eigenvalue weighted by Gasteiger charge is 2.51. The lowest BCUT2D eigenvalue weighted by Crippen LogP contribution is -2.45.